The van der Waals surface area contributed by atoms with Crippen LogP contribution in [-0.2, 0) is 16.1 Å². The Morgan fingerprint density at radius 1 is 1.25 bits per heavy atom. The number of carboxylic acid groups (broad SMARTS) is 1. The Kier molecular flexibility index (Phi) is 5.48. The molecule has 5 nitrogen and oxygen atoms in total. The number of halogens is 3. The Labute approximate surface area is 137 Å². The molecule has 1 aromatic rings. The SMILES string of the molecule is Cc1ccc(CNC(=O)CN2C[C@@H](C(F)(F)F)[C@H](C(=O)O)C2)cc1. The van der Waals surface area contributed by atoms with Crippen molar-refractivity contribution in [2.24, 2.45) is 11.8 Å². The van der Waals surface area contributed by atoms with E-state index in [9.17, 15) is 22.8 Å². The first kappa shape index (κ1) is 18.3. The zero-order valence-electron chi connectivity index (χ0n) is 13.1. The molecule has 0 unspecified atom stereocenters. The van der Waals surface area contributed by atoms with E-state index in [0.717, 1.165) is 11.1 Å². The lowest BCUT2D eigenvalue weighted by Crippen LogP contribution is -2.36. The molecule has 1 heterocycles. The number of benzene rings is 1. The van der Waals surface area contributed by atoms with Gasteiger partial charge in [-0.15, -0.1) is 0 Å². The second kappa shape index (κ2) is 7.21. The van der Waals surface area contributed by atoms with Gasteiger partial charge in [0, 0.05) is 19.6 Å². The third-order valence-corrected chi connectivity index (χ3v) is 4.11. The van der Waals surface area contributed by atoms with Gasteiger partial charge >= 0.3 is 12.1 Å². The minimum absolute atomic E-state index is 0.248. The molecule has 1 fully saturated rings. The fraction of sp³-hybridized carbons (Fsp3) is 0.500. The van der Waals surface area contributed by atoms with Crippen LogP contribution in [0.25, 0.3) is 0 Å². The molecule has 1 aromatic carbocycles. The molecule has 0 aliphatic carbocycles. The van der Waals surface area contributed by atoms with E-state index in [4.69, 9.17) is 5.11 Å². The summed E-state index contributed by atoms with van der Waals surface area (Å²) in [5, 5.41) is 11.6. The number of hydrogen-bond acceptors (Lipinski definition) is 3. The van der Waals surface area contributed by atoms with Crippen LogP contribution >= 0.6 is 0 Å². The Hall–Kier alpha value is -2.09. The summed E-state index contributed by atoms with van der Waals surface area (Å²) in [6, 6.07) is 7.50. The number of carbonyl (C=O) groups is 2. The first-order valence-electron chi connectivity index (χ1n) is 7.51. The van der Waals surface area contributed by atoms with E-state index in [2.05, 4.69) is 5.32 Å². The van der Waals surface area contributed by atoms with Crippen molar-refractivity contribution in [1.82, 2.24) is 10.2 Å². The number of carbonyl (C=O) groups excluding carboxylic acids is 1. The van der Waals surface area contributed by atoms with E-state index >= 15 is 0 Å². The molecule has 24 heavy (non-hydrogen) atoms. The van der Waals surface area contributed by atoms with Gasteiger partial charge in [0.25, 0.3) is 0 Å². The Morgan fingerprint density at radius 3 is 2.38 bits per heavy atom. The van der Waals surface area contributed by atoms with Gasteiger partial charge in [0.2, 0.25) is 5.91 Å². The molecule has 0 radical (unpaired) electrons. The molecule has 0 bridgehead atoms. The standard InChI is InChI=1S/C16H19F3N2O3/c1-10-2-4-11(5-3-10)6-20-14(22)9-21-7-12(15(23)24)13(8-21)16(17,18)19/h2-5,12-13H,6-9H2,1H3,(H,20,22)(H,23,24)/t12-,13-/m1/s1. The van der Waals surface area contributed by atoms with E-state index in [0.29, 0.717) is 0 Å². The highest BCUT2D eigenvalue weighted by atomic mass is 19.4. The molecule has 2 rings (SSSR count). The Bertz CT molecular complexity index is 602. The third kappa shape index (κ3) is 4.70. The highest BCUT2D eigenvalue weighted by Crippen LogP contribution is 2.37. The summed E-state index contributed by atoms with van der Waals surface area (Å²) >= 11 is 0. The minimum atomic E-state index is -4.59. The fourth-order valence-corrected chi connectivity index (χ4v) is 2.76. The summed E-state index contributed by atoms with van der Waals surface area (Å²) in [4.78, 5) is 24.1. The second-order valence-corrected chi connectivity index (χ2v) is 6.05. The number of carboxylic acids is 1. The van der Waals surface area contributed by atoms with Gasteiger partial charge in [0.05, 0.1) is 18.4 Å². The van der Waals surface area contributed by atoms with Gasteiger partial charge in [-0.1, -0.05) is 29.8 Å². The maximum atomic E-state index is 12.9. The number of aliphatic carboxylic acids is 1. The van der Waals surface area contributed by atoms with Crippen molar-refractivity contribution in [3.8, 4) is 0 Å². The highest BCUT2D eigenvalue weighted by Gasteiger charge is 2.52. The number of hydrogen-bond donors (Lipinski definition) is 2. The maximum absolute atomic E-state index is 12.9. The minimum Gasteiger partial charge on any atom is -0.481 e. The van der Waals surface area contributed by atoms with Gasteiger partial charge in [-0.25, -0.2) is 0 Å². The van der Waals surface area contributed by atoms with Crippen molar-refractivity contribution >= 4 is 11.9 Å². The van der Waals surface area contributed by atoms with Crippen LogP contribution in [0.2, 0.25) is 0 Å². The molecule has 132 valence electrons. The van der Waals surface area contributed by atoms with E-state index in [1.54, 1.807) is 0 Å². The lowest BCUT2D eigenvalue weighted by molar-refractivity contribution is -0.188. The number of amides is 1. The fourth-order valence-electron chi connectivity index (χ4n) is 2.76. The van der Waals surface area contributed by atoms with Crippen molar-refractivity contribution in [3.05, 3.63) is 35.4 Å². The average Bonchev–Trinajstić information content (AvgIpc) is 2.91. The summed E-state index contributed by atoms with van der Waals surface area (Å²) in [5.74, 6) is -5.39. The monoisotopic (exact) mass is 344 g/mol. The summed E-state index contributed by atoms with van der Waals surface area (Å²) < 4.78 is 38.7. The normalized spacial score (nSPS) is 21.7. The molecule has 1 saturated heterocycles. The van der Waals surface area contributed by atoms with Crippen molar-refractivity contribution in [2.45, 2.75) is 19.6 Å². The summed E-state index contributed by atoms with van der Waals surface area (Å²) in [6.45, 7) is 1.21. The predicted octanol–water partition coefficient (Wildman–Crippen LogP) is 1.81. The summed E-state index contributed by atoms with van der Waals surface area (Å²) in [5.41, 5.74) is 1.96. The number of aryl methyl sites for hydroxylation is 1. The summed E-state index contributed by atoms with van der Waals surface area (Å²) in [6.07, 6.45) is -4.59. The topological polar surface area (TPSA) is 69.6 Å². The number of nitrogens with one attached hydrogen (secondary N) is 1. The predicted molar refractivity (Wildman–Crippen MR) is 80.1 cm³/mol. The lowest BCUT2D eigenvalue weighted by atomic mass is 9.96. The third-order valence-electron chi connectivity index (χ3n) is 4.11. The van der Waals surface area contributed by atoms with Gasteiger partial charge in [-0.2, -0.15) is 13.2 Å². The molecule has 0 saturated carbocycles. The maximum Gasteiger partial charge on any atom is 0.393 e. The molecule has 0 spiro atoms. The van der Waals surface area contributed by atoms with Crippen molar-refractivity contribution < 1.29 is 27.9 Å². The van der Waals surface area contributed by atoms with Gasteiger partial charge in [0.1, 0.15) is 0 Å². The van der Waals surface area contributed by atoms with E-state index in [-0.39, 0.29) is 19.6 Å². The second-order valence-electron chi connectivity index (χ2n) is 6.05. The van der Waals surface area contributed by atoms with Crippen LogP contribution in [0.5, 0.6) is 0 Å². The number of rotatable bonds is 5. The van der Waals surface area contributed by atoms with Crippen LogP contribution in [0, 0.1) is 18.8 Å². The van der Waals surface area contributed by atoms with Crippen LogP contribution in [0.15, 0.2) is 24.3 Å². The Morgan fingerprint density at radius 2 is 1.88 bits per heavy atom. The molecule has 8 heteroatoms. The summed E-state index contributed by atoms with van der Waals surface area (Å²) in [7, 11) is 0. The average molecular weight is 344 g/mol. The van der Waals surface area contributed by atoms with E-state index in [1.165, 1.54) is 4.90 Å². The first-order valence-corrected chi connectivity index (χ1v) is 7.51. The van der Waals surface area contributed by atoms with Gasteiger partial charge in [0.15, 0.2) is 0 Å². The quantitative estimate of drug-likeness (QED) is 0.855. The van der Waals surface area contributed by atoms with Crippen LogP contribution in [0.4, 0.5) is 13.2 Å². The van der Waals surface area contributed by atoms with Gasteiger partial charge in [-0.05, 0) is 12.5 Å². The zero-order chi connectivity index (χ0) is 17.9. The van der Waals surface area contributed by atoms with Gasteiger partial charge < -0.3 is 10.4 Å². The van der Waals surface area contributed by atoms with Crippen LogP contribution in [-0.4, -0.2) is 47.7 Å². The highest BCUT2D eigenvalue weighted by molar-refractivity contribution is 5.78. The molecule has 1 aliphatic rings. The van der Waals surface area contributed by atoms with Crippen LogP contribution in [0.3, 0.4) is 0 Å². The largest absolute Gasteiger partial charge is 0.481 e. The smallest absolute Gasteiger partial charge is 0.393 e. The van der Waals surface area contributed by atoms with E-state index < -0.39 is 36.4 Å². The Balaban J connectivity index is 1.87. The lowest BCUT2D eigenvalue weighted by Gasteiger charge is -2.18. The molecule has 2 atom stereocenters. The first-order chi connectivity index (χ1) is 11.2. The molecular weight excluding hydrogens is 325 g/mol. The van der Waals surface area contributed by atoms with Crippen molar-refractivity contribution in [3.63, 3.8) is 0 Å². The molecule has 1 aliphatic heterocycles. The molecule has 2 N–H and O–H groups in total. The number of likely N-dealkylation sites (tertiary alicyclic amines) is 1. The van der Waals surface area contributed by atoms with Crippen molar-refractivity contribution in [1.29, 1.82) is 0 Å². The van der Waals surface area contributed by atoms with Gasteiger partial charge in [-0.3, -0.25) is 14.5 Å². The zero-order valence-corrected chi connectivity index (χ0v) is 13.1. The van der Waals surface area contributed by atoms with Crippen molar-refractivity contribution in [2.75, 3.05) is 19.6 Å². The number of nitrogens with zero attached hydrogens (tertiary/aromatic N) is 1. The molecular formula is C16H19F3N2O3. The molecule has 0 aromatic heterocycles. The van der Waals surface area contributed by atoms with Crippen LogP contribution in [0.1, 0.15) is 11.1 Å². The number of alkyl halides is 3. The van der Waals surface area contributed by atoms with Crippen LogP contribution < -0.4 is 5.32 Å². The van der Waals surface area contributed by atoms with E-state index in [1.807, 2.05) is 31.2 Å². The molecule has 1 amide bonds.